The van der Waals surface area contributed by atoms with Crippen LogP contribution in [0.15, 0.2) is 0 Å². The predicted molar refractivity (Wildman–Crippen MR) is 102 cm³/mol. The average molecular weight is 373 g/mol. The van der Waals surface area contributed by atoms with Crippen LogP contribution in [0.5, 0.6) is 0 Å². The van der Waals surface area contributed by atoms with Gasteiger partial charge in [0.25, 0.3) is 0 Å². The van der Waals surface area contributed by atoms with Crippen LogP contribution < -0.4 is 0 Å². The van der Waals surface area contributed by atoms with Crippen molar-refractivity contribution in [3.8, 4) is 11.5 Å². The smallest absolute Gasteiger partial charge is 0.163 e. The Bertz CT molecular complexity index is 417. The summed E-state index contributed by atoms with van der Waals surface area (Å²) in [4.78, 5) is 0. The Morgan fingerprint density at radius 3 is 2.36 bits per heavy atom. The summed E-state index contributed by atoms with van der Waals surface area (Å²) in [5.41, 5.74) is 3.48. The molecule has 0 bridgehead atoms. The molecule has 0 unspecified atom stereocenters. The Kier molecular flexibility index (Phi) is 10.2. The average Bonchev–Trinajstić information content (AvgIpc) is 2.94. The van der Waals surface area contributed by atoms with Gasteiger partial charge in [-0.15, -0.1) is 11.5 Å². The molecule has 2 atom stereocenters. The first-order chi connectivity index (χ1) is 11.9. The number of rotatable bonds is 11. The zero-order valence-corrected chi connectivity index (χ0v) is 17.6. The van der Waals surface area contributed by atoms with Crippen molar-refractivity contribution >= 4 is 8.07 Å². The van der Waals surface area contributed by atoms with Crippen LogP contribution in [0.1, 0.15) is 41.0 Å². The highest BCUT2D eigenvalue weighted by Crippen LogP contribution is 2.22. The highest BCUT2D eigenvalue weighted by molar-refractivity contribution is 6.87. The second-order valence-electron chi connectivity index (χ2n) is 7.10. The Morgan fingerprint density at radius 1 is 1.16 bits per heavy atom. The molecular formula is C19H36O5Si. The minimum Gasteiger partial charge on any atom is -0.390 e. The zero-order valence-electron chi connectivity index (χ0n) is 16.6. The second-order valence-corrected chi connectivity index (χ2v) is 12.0. The molecule has 1 fully saturated rings. The fourth-order valence-corrected chi connectivity index (χ4v) is 5.34. The normalized spacial score (nSPS) is 21.0. The lowest BCUT2D eigenvalue weighted by Gasteiger charge is -2.20. The first kappa shape index (κ1) is 22.6. The minimum atomic E-state index is -1.41. The summed E-state index contributed by atoms with van der Waals surface area (Å²) >= 11 is 0. The fourth-order valence-electron chi connectivity index (χ4n) is 2.83. The molecule has 1 aliphatic heterocycles. The largest absolute Gasteiger partial charge is 0.390 e. The first-order valence-electron chi connectivity index (χ1n) is 9.51. The highest BCUT2D eigenvalue weighted by Gasteiger charge is 2.32. The van der Waals surface area contributed by atoms with E-state index in [-0.39, 0.29) is 6.10 Å². The molecule has 0 aliphatic carbocycles. The molecular weight excluding hydrogens is 336 g/mol. The molecule has 0 radical (unpaired) electrons. The molecule has 1 rings (SSSR count). The van der Waals surface area contributed by atoms with Crippen LogP contribution in [0.2, 0.25) is 18.1 Å². The molecule has 1 N–H and O–H groups in total. The van der Waals surface area contributed by atoms with Gasteiger partial charge in [-0.25, -0.2) is 0 Å². The number of ether oxygens (including phenoxy) is 4. The lowest BCUT2D eigenvalue weighted by molar-refractivity contribution is -0.145. The van der Waals surface area contributed by atoms with E-state index in [9.17, 15) is 5.11 Å². The third-order valence-electron chi connectivity index (χ3n) is 4.77. The quantitative estimate of drug-likeness (QED) is 0.343. The molecule has 1 heterocycles. The van der Waals surface area contributed by atoms with E-state index in [1.54, 1.807) is 0 Å². The number of aliphatic hydroxyl groups is 1. The van der Waals surface area contributed by atoms with E-state index in [1.807, 2.05) is 13.8 Å². The van der Waals surface area contributed by atoms with Gasteiger partial charge in [-0.05, 0) is 32.0 Å². The molecule has 0 aromatic heterocycles. The van der Waals surface area contributed by atoms with Crippen LogP contribution in [-0.4, -0.2) is 64.2 Å². The summed E-state index contributed by atoms with van der Waals surface area (Å²) in [7, 11) is -1.41. The number of hydrogen-bond donors (Lipinski definition) is 1. The van der Waals surface area contributed by atoms with E-state index >= 15 is 0 Å². The number of aliphatic hydroxyl groups excluding tert-OH is 1. The van der Waals surface area contributed by atoms with Gasteiger partial charge in [0.05, 0.1) is 39.1 Å². The van der Waals surface area contributed by atoms with Gasteiger partial charge in [0.15, 0.2) is 5.79 Å². The van der Waals surface area contributed by atoms with Gasteiger partial charge in [-0.1, -0.05) is 20.8 Å². The van der Waals surface area contributed by atoms with Crippen LogP contribution >= 0.6 is 0 Å². The van der Waals surface area contributed by atoms with Gasteiger partial charge in [0.2, 0.25) is 0 Å². The van der Waals surface area contributed by atoms with Gasteiger partial charge in [-0.3, -0.25) is 0 Å². The third-order valence-corrected chi connectivity index (χ3v) is 9.54. The van der Waals surface area contributed by atoms with Gasteiger partial charge in [0, 0.05) is 6.42 Å². The van der Waals surface area contributed by atoms with E-state index < -0.39 is 20.0 Å². The van der Waals surface area contributed by atoms with E-state index in [2.05, 4.69) is 32.2 Å². The molecule has 0 amide bonds. The van der Waals surface area contributed by atoms with Crippen LogP contribution in [0.3, 0.4) is 0 Å². The molecule has 0 saturated carbocycles. The second kappa shape index (κ2) is 11.3. The molecule has 0 aromatic rings. The molecule has 0 spiro atoms. The van der Waals surface area contributed by atoms with Crippen molar-refractivity contribution in [2.45, 2.75) is 77.2 Å². The molecule has 1 aliphatic rings. The molecule has 146 valence electrons. The molecule has 0 aromatic carbocycles. The van der Waals surface area contributed by atoms with Gasteiger partial charge in [-0.2, -0.15) is 0 Å². The Balaban J connectivity index is 2.08. The standard InChI is InChI=1S/C19H36O5Si/c1-6-25(7-2,8-3)13-9-10-17(20)14-21-11-12-22-15-18-16-23-19(4,5)24-18/h17-18,20H,6-8,10-12,14-16H2,1-5H3/t17-,18-/m0/s1. The van der Waals surface area contributed by atoms with Crippen molar-refractivity contribution in [2.75, 3.05) is 33.0 Å². The first-order valence-corrected chi connectivity index (χ1v) is 12.1. The third kappa shape index (κ3) is 8.67. The van der Waals surface area contributed by atoms with Crippen molar-refractivity contribution in [2.24, 2.45) is 0 Å². The van der Waals surface area contributed by atoms with E-state index in [0.29, 0.717) is 39.5 Å². The van der Waals surface area contributed by atoms with Crippen molar-refractivity contribution in [1.82, 2.24) is 0 Å². The molecule has 6 heteroatoms. The fraction of sp³-hybridized carbons (Fsp3) is 0.895. The summed E-state index contributed by atoms with van der Waals surface area (Å²) < 4.78 is 22.1. The van der Waals surface area contributed by atoms with Crippen molar-refractivity contribution in [3.63, 3.8) is 0 Å². The van der Waals surface area contributed by atoms with E-state index in [4.69, 9.17) is 18.9 Å². The lowest BCUT2D eigenvalue weighted by Crippen LogP contribution is -2.29. The van der Waals surface area contributed by atoms with Gasteiger partial charge in [0.1, 0.15) is 14.2 Å². The molecule has 1 saturated heterocycles. The maximum absolute atomic E-state index is 9.96. The number of hydrogen-bond acceptors (Lipinski definition) is 5. The lowest BCUT2D eigenvalue weighted by atomic mass is 10.3. The van der Waals surface area contributed by atoms with Crippen LogP contribution in [0.4, 0.5) is 0 Å². The molecule has 5 nitrogen and oxygen atoms in total. The molecule has 25 heavy (non-hydrogen) atoms. The SMILES string of the molecule is CC[Si](C#CC[C@H](O)COCCOC[C@H]1COC(C)(C)O1)(CC)CC. The summed E-state index contributed by atoms with van der Waals surface area (Å²) in [6, 6.07) is 3.55. The van der Waals surface area contributed by atoms with E-state index in [0.717, 1.165) is 0 Å². The van der Waals surface area contributed by atoms with Crippen molar-refractivity contribution in [3.05, 3.63) is 0 Å². The van der Waals surface area contributed by atoms with Crippen LogP contribution in [0.25, 0.3) is 0 Å². The summed E-state index contributed by atoms with van der Waals surface area (Å²) in [6.07, 6.45) is -0.0640. The summed E-state index contributed by atoms with van der Waals surface area (Å²) in [6.45, 7) is 12.8. The van der Waals surface area contributed by atoms with Crippen LogP contribution in [-0.2, 0) is 18.9 Å². The monoisotopic (exact) mass is 372 g/mol. The van der Waals surface area contributed by atoms with Gasteiger partial charge < -0.3 is 24.1 Å². The topological polar surface area (TPSA) is 57.2 Å². The Hall–Kier alpha value is -0.423. The Morgan fingerprint density at radius 2 is 1.80 bits per heavy atom. The highest BCUT2D eigenvalue weighted by atomic mass is 28.3. The Labute approximate surface area is 154 Å². The predicted octanol–water partition coefficient (Wildman–Crippen LogP) is 2.97. The maximum atomic E-state index is 9.96. The van der Waals surface area contributed by atoms with Crippen molar-refractivity contribution < 1.29 is 24.1 Å². The maximum Gasteiger partial charge on any atom is 0.163 e. The summed E-state index contributed by atoms with van der Waals surface area (Å²) in [5.74, 6) is 2.69. The zero-order chi connectivity index (χ0) is 18.8. The van der Waals surface area contributed by atoms with Gasteiger partial charge >= 0.3 is 0 Å². The minimum absolute atomic E-state index is 0.0176. The van der Waals surface area contributed by atoms with Crippen LogP contribution in [0, 0.1) is 11.5 Å². The van der Waals surface area contributed by atoms with E-state index in [1.165, 1.54) is 18.1 Å². The van der Waals surface area contributed by atoms with Crippen molar-refractivity contribution in [1.29, 1.82) is 0 Å². The summed E-state index contributed by atoms with van der Waals surface area (Å²) in [5, 5.41) is 9.96.